The normalized spacial score (nSPS) is 11.2. The number of aromatic amines is 1. The number of halogens is 1. The molecule has 0 saturated heterocycles. The Bertz CT molecular complexity index is 1040. The fourth-order valence-corrected chi connectivity index (χ4v) is 3.86. The molecule has 3 aromatic rings. The van der Waals surface area contributed by atoms with Gasteiger partial charge in [-0.2, -0.15) is 0 Å². The fourth-order valence-electron chi connectivity index (χ4n) is 3.86. The molecule has 1 heterocycles. The number of carbonyl (C=O) groups is 2. The van der Waals surface area contributed by atoms with Crippen molar-refractivity contribution in [1.82, 2.24) is 14.8 Å². The number of H-pyrrole nitrogens is 1. The van der Waals surface area contributed by atoms with Crippen LogP contribution in [0, 0.1) is 5.82 Å². The van der Waals surface area contributed by atoms with Gasteiger partial charge in [-0.3, -0.25) is 9.59 Å². The summed E-state index contributed by atoms with van der Waals surface area (Å²) >= 11 is 0. The molecule has 6 heteroatoms. The molecule has 3 rings (SSSR count). The first kappa shape index (κ1) is 23.5. The van der Waals surface area contributed by atoms with Crippen LogP contribution in [0.15, 0.2) is 54.7 Å². The number of fused-ring (bicyclic) bond motifs is 1. The van der Waals surface area contributed by atoms with Crippen molar-refractivity contribution in [3.63, 3.8) is 0 Å². The van der Waals surface area contributed by atoms with E-state index in [9.17, 15) is 14.0 Å². The van der Waals surface area contributed by atoms with Gasteiger partial charge in [0.05, 0.1) is 6.54 Å². The maximum Gasteiger partial charge on any atom is 0.242 e. The lowest BCUT2D eigenvalue weighted by atomic mass is 10.1. The van der Waals surface area contributed by atoms with Crippen LogP contribution >= 0.6 is 0 Å². The van der Waals surface area contributed by atoms with E-state index in [-0.39, 0.29) is 30.2 Å². The van der Waals surface area contributed by atoms with Crippen LogP contribution in [0.3, 0.4) is 0 Å². The van der Waals surface area contributed by atoms with Crippen LogP contribution < -0.4 is 0 Å². The summed E-state index contributed by atoms with van der Waals surface area (Å²) in [4.78, 5) is 32.5. The Morgan fingerprint density at radius 3 is 2.44 bits per heavy atom. The molecule has 1 aromatic heterocycles. The van der Waals surface area contributed by atoms with E-state index in [1.807, 2.05) is 45.2 Å². The summed E-state index contributed by atoms with van der Waals surface area (Å²) in [5, 5.41) is 1.14. The van der Waals surface area contributed by atoms with Gasteiger partial charge < -0.3 is 14.8 Å². The summed E-state index contributed by atoms with van der Waals surface area (Å²) < 4.78 is 13.4. The van der Waals surface area contributed by atoms with Crippen LogP contribution in [-0.4, -0.2) is 45.7 Å². The highest BCUT2D eigenvalue weighted by atomic mass is 19.1. The first-order chi connectivity index (χ1) is 15.4. The number of para-hydroxylation sites is 1. The zero-order chi connectivity index (χ0) is 23.1. The molecular weight excluding hydrogens is 405 g/mol. The van der Waals surface area contributed by atoms with E-state index in [0.717, 1.165) is 28.5 Å². The number of hydrogen-bond donors (Lipinski definition) is 1. The van der Waals surface area contributed by atoms with Crippen molar-refractivity contribution < 1.29 is 14.0 Å². The molecule has 0 atom stereocenters. The fraction of sp³-hybridized carbons (Fsp3) is 0.385. The Morgan fingerprint density at radius 2 is 1.75 bits per heavy atom. The highest BCUT2D eigenvalue weighted by molar-refractivity contribution is 5.85. The lowest BCUT2D eigenvalue weighted by molar-refractivity contribution is -0.142. The number of aromatic nitrogens is 1. The number of rotatable bonds is 10. The largest absolute Gasteiger partial charge is 0.361 e. The van der Waals surface area contributed by atoms with Gasteiger partial charge in [0.2, 0.25) is 11.8 Å². The molecular formula is C26H32FN3O2. The maximum absolute atomic E-state index is 13.4. The van der Waals surface area contributed by atoms with Crippen molar-refractivity contribution >= 4 is 22.7 Å². The first-order valence-corrected chi connectivity index (χ1v) is 11.3. The highest BCUT2D eigenvalue weighted by Crippen LogP contribution is 2.19. The van der Waals surface area contributed by atoms with E-state index in [0.29, 0.717) is 25.9 Å². The topological polar surface area (TPSA) is 56.4 Å². The number of nitrogens with zero attached hydrogens (tertiary/aromatic N) is 2. The van der Waals surface area contributed by atoms with Gasteiger partial charge in [-0.25, -0.2) is 4.39 Å². The van der Waals surface area contributed by atoms with Crippen molar-refractivity contribution in [1.29, 1.82) is 0 Å². The summed E-state index contributed by atoms with van der Waals surface area (Å²) in [6, 6.07) is 14.2. The predicted octanol–water partition coefficient (Wildman–Crippen LogP) is 4.92. The van der Waals surface area contributed by atoms with Crippen LogP contribution in [0.5, 0.6) is 0 Å². The average molecular weight is 438 g/mol. The van der Waals surface area contributed by atoms with E-state index in [1.165, 1.54) is 12.1 Å². The Morgan fingerprint density at radius 1 is 1.03 bits per heavy atom. The standard InChI is InChI=1S/C26H32FN3O2/c1-4-7-25(31)30(19(2)3)18-26(32)29(17-20-10-12-22(27)13-11-20)15-14-21-16-28-24-9-6-5-8-23(21)24/h5-6,8-13,16,19,28H,4,7,14-15,17-18H2,1-3H3. The molecule has 32 heavy (non-hydrogen) atoms. The van der Waals surface area contributed by atoms with E-state index in [2.05, 4.69) is 11.1 Å². The van der Waals surface area contributed by atoms with Crippen molar-refractivity contribution in [2.24, 2.45) is 0 Å². The molecule has 0 fully saturated rings. The Kier molecular flexibility index (Phi) is 8.03. The van der Waals surface area contributed by atoms with Crippen LogP contribution in [0.4, 0.5) is 4.39 Å². The summed E-state index contributed by atoms with van der Waals surface area (Å²) in [5.41, 5.74) is 3.06. The van der Waals surface area contributed by atoms with Gasteiger partial charge in [-0.15, -0.1) is 0 Å². The number of nitrogens with one attached hydrogen (secondary N) is 1. The summed E-state index contributed by atoms with van der Waals surface area (Å²) in [5.74, 6) is -0.414. The lowest BCUT2D eigenvalue weighted by Gasteiger charge is -2.30. The van der Waals surface area contributed by atoms with Crippen molar-refractivity contribution in [3.8, 4) is 0 Å². The minimum absolute atomic E-state index is 0.00536. The van der Waals surface area contributed by atoms with Crippen LogP contribution in [-0.2, 0) is 22.6 Å². The summed E-state index contributed by atoms with van der Waals surface area (Å²) in [6.07, 6.45) is 3.84. The zero-order valence-corrected chi connectivity index (χ0v) is 19.1. The molecule has 0 aliphatic rings. The third-order valence-electron chi connectivity index (χ3n) is 5.68. The van der Waals surface area contributed by atoms with Gasteiger partial charge in [0.25, 0.3) is 0 Å². The molecule has 170 valence electrons. The Labute approximate surface area is 189 Å². The maximum atomic E-state index is 13.4. The summed E-state index contributed by atoms with van der Waals surface area (Å²) in [6.45, 7) is 6.74. The second kappa shape index (κ2) is 10.9. The van der Waals surface area contributed by atoms with Crippen molar-refractivity contribution in [2.45, 2.75) is 52.6 Å². The number of amides is 2. The molecule has 5 nitrogen and oxygen atoms in total. The molecule has 0 aliphatic heterocycles. The second-order valence-corrected chi connectivity index (χ2v) is 8.42. The molecule has 0 saturated carbocycles. The van der Waals surface area contributed by atoms with Crippen LogP contribution in [0.1, 0.15) is 44.7 Å². The molecule has 0 bridgehead atoms. The lowest BCUT2D eigenvalue weighted by Crippen LogP contribution is -2.46. The van der Waals surface area contributed by atoms with Crippen LogP contribution in [0.25, 0.3) is 10.9 Å². The summed E-state index contributed by atoms with van der Waals surface area (Å²) in [7, 11) is 0. The number of benzene rings is 2. The molecule has 2 amide bonds. The van der Waals surface area contributed by atoms with E-state index in [4.69, 9.17) is 0 Å². The predicted molar refractivity (Wildman–Crippen MR) is 126 cm³/mol. The molecule has 0 radical (unpaired) electrons. The van der Waals surface area contributed by atoms with Crippen molar-refractivity contribution in [2.75, 3.05) is 13.1 Å². The van der Waals surface area contributed by atoms with Gasteiger partial charge in [-0.1, -0.05) is 37.3 Å². The number of carbonyl (C=O) groups excluding carboxylic acids is 2. The van der Waals surface area contributed by atoms with Crippen LogP contribution in [0.2, 0.25) is 0 Å². The van der Waals surface area contributed by atoms with E-state index >= 15 is 0 Å². The SMILES string of the molecule is CCCC(=O)N(CC(=O)N(CCc1c[nH]c2ccccc12)Cc1ccc(F)cc1)C(C)C. The monoisotopic (exact) mass is 437 g/mol. The van der Waals surface area contributed by atoms with Gasteiger partial charge in [0, 0.05) is 42.7 Å². The van der Waals surface area contributed by atoms with Gasteiger partial charge >= 0.3 is 0 Å². The first-order valence-electron chi connectivity index (χ1n) is 11.3. The van der Waals surface area contributed by atoms with E-state index in [1.54, 1.807) is 21.9 Å². The minimum Gasteiger partial charge on any atom is -0.361 e. The molecule has 0 spiro atoms. The Balaban J connectivity index is 1.78. The quantitative estimate of drug-likeness (QED) is 0.490. The Hall–Kier alpha value is -3.15. The van der Waals surface area contributed by atoms with Gasteiger partial charge in [0.15, 0.2) is 0 Å². The molecule has 1 N–H and O–H groups in total. The highest BCUT2D eigenvalue weighted by Gasteiger charge is 2.23. The average Bonchev–Trinajstić information content (AvgIpc) is 3.19. The third-order valence-corrected chi connectivity index (χ3v) is 5.68. The van der Waals surface area contributed by atoms with E-state index < -0.39 is 0 Å². The van der Waals surface area contributed by atoms with Crippen molar-refractivity contribution in [3.05, 3.63) is 71.7 Å². The minimum atomic E-state index is -0.304. The molecule has 0 unspecified atom stereocenters. The van der Waals surface area contributed by atoms with Gasteiger partial charge in [-0.05, 0) is 56.0 Å². The zero-order valence-electron chi connectivity index (χ0n) is 19.1. The van der Waals surface area contributed by atoms with Gasteiger partial charge in [0.1, 0.15) is 5.82 Å². The molecule has 0 aliphatic carbocycles. The smallest absolute Gasteiger partial charge is 0.242 e. The third kappa shape index (κ3) is 5.96. The molecule has 2 aromatic carbocycles. The number of hydrogen-bond acceptors (Lipinski definition) is 2. The second-order valence-electron chi connectivity index (χ2n) is 8.42.